The average molecular weight is 186 g/mol. The molecule has 0 aliphatic heterocycles. The van der Waals surface area contributed by atoms with Crippen LogP contribution in [0.15, 0.2) is 12.7 Å². The van der Waals surface area contributed by atoms with Crippen LogP contribution < -0.4 is 0 Å². The Kier molecular flexibility index (Phi) is 7.30. The Morgan fingerprint density at radius 1 is 1.54 bits per heavy atom. The fraction of sp³-hybridized carbons (Fsp3) is 0.700. The van der Waals surface area contributed by atoms with E-state index in [-0.39, 0.29) is 0 Å². The van der Waals surface area contributed by atoms with Gasteiger partial charge in [-0.2, -0.15) is 0 Å². The average Bonchev–Trinajstić information content (AvgIpc) is 2.16. The van der Waals surface area contributed by atoms with E-state index in [1.54, 1.807) is 0 Å². The van der Waals surface area contributed by atoms with Crippen LogP contribution in [-0.2, 0) is 9.53 Å². The van der Waals surface area contributed by atoms with Gasteiger partial charge in [-0.05, 0) is 6.42 Å². The summed E-state index contributed by atoms with van der Waals surface area (Å²) in [6, 6.07) is 0. The lowest BCUT2D eigenvalue weighted by Crippen LogP contribution is -2.20. The summed E-state index contributed by atoms with van der Waals surface area (Å²) in [6.45, 7) is 5.80. The zero-order valence-electron chi connectivity index (χ0n) is 8.16. The van der Waals surface area contributed by atoms with Crippen molar-refractivity contribution in [2.45, 2.75) is 38.7 Å². The smallest absolute Gasteiger partial charge is 0.338 e. The standard InChI is InChI=1S/C10H18O3/c1-3-5-6-7-8-13-10(12)9(11)4-2/h4,9,11H,2-3,5-8H2,1H3. The van der Waals surface area contributed by atoms with Crippen molar-refractivity contribution in [2.75, 3.05) is 6.61 Å². The van der Waals surface area contributed by atoms with Crippen molar-refractivity contribution < 1.29 is 14.6 Å². The van der Waals surface area contributed by atoms with Crippen LogP contribution in [0.3, 0.4) is 0 Å². The van der Waals surface area contributed by atoms with Gasteiger partial charge in [0.05, 0.1) is 6.61 Å². The normalized spacial score (nSPS) is 12.2. The number of hydrogen-bond acceptors (Lipinski definition) is 3. The van der Waals surface area contributed by atoms with Crippen LogP contribution in [0.25, 0.3) is 0 Å². The number of carbonyl (C=O) groups excluding carboxylic acids is 1. The van der Waals surface area contributed by atoms with Crippen molar-refractivity contribution in [3.63, 3.8) is 0 Å². The second-order valence-corrected chi connectivity index (χ2v) is 2.91. The maximum absolute atomic E-state index is 10.9. The van der Waals surface area contributed by atoms with Crippen molar-refractivity contribution in [3.8, 4) is 0 Å². The van der Waals surface area contributed by atoms with E-state index in [1.807, 2.05) is 0 Å². The van der Waals surface area contributed by atoms with E-state index in [2.05, 4.69) is 13.5 Å². The predicted octanol–water partition coefficient (Wildman–Crippen LogP) is 1.66. The summed E-state index contributed by atoms with van der Waals surface area (Å²) in [7, 11) is 0. The van der Waals surface area contributed by atoms with Crippen LogP contribution in [0.1, 0.15) is 32.6 Å². The van der Waals surface area contributed by atoms with Crippen LogP contribution in [0.4, 0.5) is 0 Å². The minimum absolute atomic E-state index is 0.393. The third kappa shape index (κ3) is 6.34. The molecule has 1 atom stereocenters. The highest BCUT2D eigenvalue weighted by atomic mass is 16.5. The molecule has 13 heavy (non-hydrogen) atoms. The molecule has 1 unspecified atom stereocenters. The summed E-state index contributed by atoms with van der Waals surface area (Å²) in [5, 5.41) is 8.94. The third-order valence-corrected chi connectivity index (χ3v) is 1.71. The Bertz CT molecular complexity index is 154. The Balaban J connectivity index is 3.32. The van der Waals surface area contributed by atoms with Gasteiger partial charge < -0.3 is 9.84 Å². The van der Waals surface area contributed by atoms with Gasteiger partial charge in [0.2, 0.25) is 0 Å². The highest BCUT2D eigenvalue weighted by Gasteiger charge is 2.10. The van der Waals surface area contributed by atoms with Crippen LogP contribution in [0.5, 0.6) is 0 Å². The van der Waals surface area contributed by atoms with Crippen molar-refractivity contribution in [1.82, 2.24) is 0 Å². The summed E-state index contributed by atoms with van der Waals surface area (Å²) in [5.41, 5.74) is 0. The first-order chi connectivity index (χ1) is 6.22. The molecule has 0 aromatic carbocycles. The topological polar surface area (TPSA) is 46.5 Å². The molecule has 0 saturated carbocycles. The molecule has 0 aromatic heterocycles. The van der Waals surface area contributed by atoms with Crippen molar-refractivity contribution in [3.05, 3.63) is 12.7 Å². The number of aliphatic hydroxyl groups is 1. The molecular weight excluding hydrogens is 168 g/mol. The van der Waals surface area contributed by atoms with Crippen molar-refractivity contribution in [2.24, 2.45) is 0 Å². The van der Waals surface area contributed by atoms with Gasteiger partial charge in [0, 0.05) is 0 Å². The fourth-order valence-corrected chi connectivity index (χ4v) is 0.883. The highest BCUT2D eigenvalue weighted by molar-refractivity contribution is 5.76. The predicted molar refractivity (Wildman–Crippen MR) is 51.3 cm³/mol. The van der Waals surface area contributed by atoms with Crippen LogP contribution in [0, 0.1) is 0 Å². The summed E-state index contributed by atoms with van der Waals surface area (Å²) < 4.78 is 4.78. The second kappa shape index (κ2) is 7.80. The number of aliphatic hydroxyl groups excluding tert-OH is 1. The fourth-order valence-electron chi connectivity index (χ4n) is 0.883. The van der Waals surface area contributed by atoms with E-state index in [4.69, 9.17) is 9.84 Å². The number of ether oxygens (including phenoxy) is 1. The molecular formula is C10H18O3. The SMILES string of the molecule is C=CC(O)C(=O)OCCCCCC. The summed E-state index contributed by atoms with van der Waals surface area (Å²) in [4.78, 5) is 10.9. The molecule has 0 saturated heterocycles. The molecule has 0 aliphatic carbocycles. The van der Waals surface area contributed by atoms with Gasteiger partial charge in [-0.15, -0.1) is 0 Å². The first kappa shape index (κ1) is 12.2. The largest absolute Gasteiger partial charge is 0.464 e. The van der Waals surface area contributed by atoms with Gasteiger partial charge in [0.15, 0.2) is 6.10 Å². The van der Waals surface area contributed by atoms with Crippen LogP contribution in [0.2, 0.25) is 0 Å². The Labute approximate surface area is 79.4 Å². The Morgan fingerprint density at radius 3 is 2.77 bits per heavy atom. The van der Waals surface area contributed by atoms with E-state index in [0.29, 0.717) is 6.61 Å². The molecule has 0 radical (unpaired) electrons. The highest BCUT2D eigenvalue weighted by Crippen LogP contribution is 1.99. The molecule has 0 amide bonds. The molecule has 76 valence electrons. The van der Waals surface area contributed by atoms with Gasteiger partial charge in [0.1, 0.15) is 0 Å². The van der Waals surface area contributed by atoms with E-state index >= 15 is 0 Å². The number of esters is 1. The lowest BCUT2D eigenvalue weighted by atomic mass is 10.2. The molecule has 1 N–H and O–H groups in total. The third-order valence-electron chi connectivity index (χ3n) is 1.71. The van der Waals surface area contributed by atoms with Crippen molar-refractivity contribution in [1.29, 1.82) is 0 Å². The molecule has 0 heterocycles. The van der Waals surface area contributed by atoms with Gasteiger partial charge >= 0.3 is 5.97 Å². The van der Waals surface area contributed by atoms with Crippen molar-refractivity contribution >= 4 is 5.97 Å². The quantitative estimate of drug-likeness (QED) is 0.373. The van der Waals surface area contributed by atoms with E-state index in [1.165, 1.54) is 0 Å². The van der Waals surface area contributed by atoms with Gasteiger partial charge in [-0.3, -0.25) is 0 Å². The first-order valence-electron chi connectivity index (χ1n) is 4.69. The van der Waals surface area contributed by atoms with Gasteiger partial charge in [-0.25, -0.2) is 4.79 Å². The lowest BCUT2D eigenvalue weighted by Gasteiger charge is -2.06. The molecule has 0 aliphatic rings. The van der Waals surface area contributed by atoms with E-state index < -0.39 is 12.1 Å². The monoisotopic (exact) mass is 186 g/mol. The Morgan fingerprint density at radius 2 is 2.23 bits per heavy atom. The summed E-state index contributed by atoms with van der Waals surface area (Å²) in [6.07, 6.45) is 4.22. The molecule has 0 rings (SSSR count). The van der Waals surface area contributed by atoms with Gasteiger partial charge in [-0.1, -0.05) is 38.8 Å². The lowest BCUT2D eigenvalue weighted by molar-refractivity contribution is -0.151. The number of rotatable bonds is 7. The Hall–Kier alpha value is -0.830. The first-order valence-corrected chi connectivity index (χ1v) is 4.69. The number of hydrogen-bond donors (Lipinski definition) is 1. The summed E-state index contributed by atoms with van der Waals surface area (Å²) >= 11 is 0. The molecule has 0 fully saturated rings. The zero-order valence-corrected chi connectivity index (χ0v) is 8.16. The zero-order chi connectivity index (χ0) is 10.1. The molecule has 0 bridgehead atoms. The minimum Gasteiger partial charge on any atom is -0.464 e. The number of unbranched alkanes of at least 4 members (excludes halogenated alkanes) is 3. The van der Waals surface area contributed by atoms with Crippen LogP contribution in [-0.4, -0.2) is 23.8 Å². The maximum Gasteiger partial charge on any atom is 0.338 e. The maximum atomic E-state index is 10.9. The minimum atomic E-state index is -1.17. The molecule has 3 nitrogen and oxygen atoms in total. The van der Waals surface area contributed by atoms with E-state index in [9.17, 15) is 4.79 Å². The molecule has 3 heteroatoms. The summed E-state index contributed by atoms with van der Waals surface area (Å²) in [5.74, 6) is -0.605. The molecule has 0 spiro atoms. The number of carbonyl (C=O) groups is 1. The second-order valence-electron chi connectivity index (χ2n) is 2.91. The van der Waals surface area contributed by atoms with E-state index in [0.717, 1.165) is 31.8 Å². The van der Waals surface area contributed by atoms with Gasteiger partial charge in [0.25, 0.3) is 0 Å². The molecule has 0 aromatic rings. The van der Waals surface area contributed by atoms with Crippen LogP contribution >= 0.6 is 0 Å².